The van der Waals surface area contributed by atoms with Gasteiger partial charge in [0.15, 0.2) is 23.9 Å². The molecule has 6 nitrogen and oxygen atoms in total. The number of methoxy groups -OCH3 is 1. The Bertz CT molecular complexity index is 1360. The van der Waals surface area contributed by atoms with Crippen LogP contribution in [0.3, 0.4) is 0 Å². The molecular formula is C29H29NO5. The molecule has 1 unspecified atom stereocenters. The molecule has 0 bridgehead atoms. The highest BCUT2D eigenvalue weighted by Crippen LogP contribution is 2.49. The van der Waals surface area contributed by atoms with Crippen molar-refractivity contribution < 1.29 is 23.8 Å². The fourth-order valence-electron chi connectivity index (χ4n) is 5.26. The number of ketones is 1. The quantitative estimate of drug-likeness (QED) is 0.460. The summed E-state index contributed by atoms with van der Waals surface area (Å²) in [7, 11) is 1.57. The molecule has 0 radical (unpaired) electrons. The zero-order valence-corrected chi connectivity index (χ0v) is 20.3. The van der Waals surface area contributed by atoms with Gasteiger partial charge in [0.2, 0.25) is 0 Å². The number of ether oxygens (including phenoxy) is 3. The maximum absolute atomic E-state index is 13.3. The van der Waals surface area contributed by atoms with E-state index in [0.29, 0.717) is 24.5 Å². The number of Topliss-reactive ketones (excluding diaryl/α,β-unsaturated/α-hetero) is 1. The van der Waals surface area contributed by atoms with E-state index < -0.39 is 5.97 Å². The molecule has 1 atom stereocenters. The summed E-state index contributed by atoms with van der Waals surface area (Å²) in [5.74, 6) is 0.761. The molecule has 0 saturated heterocycles. The van der Waals surface area contributed by atoms with Gasteiger partial charge in [0.25, 0.3) is 0 Å². The minimum atomic E-state index is -0.432. The normalized spacial score (nSPS) is 16.9. The number of allylic oxidation sites excluding steroid dienone is 1. The Kier molecular flexibility index (Phi) is 6.20. The monoisotopic (exact) mass is 471 g/mol. The van der Waals surface area contributed by atoms with Crippen LogP contribution in [0, 0.1) is 6.92 Å². The van der Waals surface area contributed by atoms with Crippen LogP contribution in [0.5, 0.6) is 11.5 Å². The van der Waals surface area contributed by atoms with Gasteiger partial charge in [0.1, 0.15) is 0 Å². The first-order valence-corrected chi connectivity index (χ1v) is 12.0. The summed E-state index contributed by atoms with van der Waals surface area (Å²) in [5.41, 5.74) is 5.88. The van der Waals surface area contributed by atoms with E-state index in [-0.39, 0.29) is 18.4 Å². The molecule has 3 aromatic rings. The average molecular weight is 472 g/mol. The molecular weight excluding hydrogens is 442 g/mol. The lowest BCUT2D eigenvalue weighted by Crippen LogP contribution is -2.27. The Morgan fingerprint density at radius 3 is 2.74 bits per heavy atom. The van der Waals surface area contributed by atoms with Gasteiger partial charge in [-0.3, -0.25) is 4.79 Å². The second-order valence-electron chi connectivity index (χ2n) is 8.92. The van der Waals surface area contributed by atoms with Gasteiger partial charge in [0.05, 0.1) is 19.8 Å². The number of nitrogens with one attached hydrogen (secondary N) is 1. The zero-order valence-electron chi connectivity index (χ0n) is 20.3. The summed E-state index contributed by atoms with van der Waals surface area (Å²) >= 11 is 0. The van der Waals surface area contributed by atoms with Crippen molar-refractivity contribution in [2.45, 2.75) is 39.2 Å². The molecule has 0 saturated carbocycles. The van der Waals surface area contributed by atoms with Crippen molar-refractivity contribution in [2.75, 3.05) is 25.6 Å². The molecule has 0 spiro atoms. The van der Waals surface area contributed by atoms with Crippen molar-refractivity contribution >= 4 is 33.8 Å². The summed E-state index contributed by atoms with van der Waals surface area (Å²) in [5, 5.41) is 5.98. The second-order valence-corrected chi connectivity index (χ2v) is 8.92. The maximum Gasteiger partial charge on any atom is 0.344 e. The van der Waals surface area contributed by atoms with Crippen molar-refractivity contribution in [3.63, 3.8) is 0 Å². The Morgan fingerprint density at radius 1 is 1.11 bits per heavy atom. The summed E-state index contributed by atoms with van der Waals surface area (Å²) in [6, 6.07) is 16.1. The van der Waals surface area contributed by atoms with Crippen molar-refractivity contribution in [1.82, 2.24) is 0 Å². The number of carbonyl (C=O) groups is 2. The van der Waals surface area contributed by atoms with Crippen LogP contribution in [0.2, 0.25) is 0 Å². The van der Waals surface area contributed by atoms with Crippen LogP contribution in [0.4, 0.5) is 5.69 Å². The largest absolute Gasteiger partial charge is 0.493 e. The van der Waals surface area contributed by atoms with E-state index in [9.17, 15) is 9.59 Å². The van der Waals surface area contributed by atoms with Crippen LogP contribution < -0.4 is 14.8 Å². The molecule has 180 valence electrons. The lowest BCUT2D eigenvalue weighted by molar-refractivity contribution is -0.145. The van der Waals surface area contributed by atoms with E-state index in [0.717, 1.165) is 57.1 Å². The molecule has 1 N–H and O–H groups in total. The van der Waals surface area contributed by atoms with Crippen LogP contribution in [-0.4, -0.2) is 32.1 Å². The van der Waals surface area contributed by atoms with Gasteiger partial charge >= 0.3 is 5.97 Å². The van der Waals surface area contributed by atoms with Crippen LogP contribution in [0.1, 0.15) is 48.9 Å². The smallest absolute Gasteiger partial charge is 0.344 e. The predicted octanol–water partition coefficient (Wildman–Crippen LogP) is 5.77. The van der Waals surface area contributed by atoms with E-state index >= 15 is 0 Å². The highest BCUT2D eigenvalue weighted by Gasteiger charge is 2.35. The maximum atomic E-state index is 13.3. The summed E-state index contributed by atoms with van der Waals surface area (Å²) in [6.07, 6.45) is 2.28. The third-order valence-electron chi connectivity index (χ3n) is 6.73. The summed E-state index contributed by atoms with van der Waals surface area (Å²) in [6.45, 7) is 3.77. The van der Waals surface area contributed by atoms with Gasteiger partial charge in [0, 0.05) is 23.2 Å². The minimum absolute atomic E-state index is 0.182. The first-order chi connectivity index (χ1) is 17.0. The Hall–Kier alpha value is -3.80. The van der Waals surface area contributed by atoms with Gasteiger partial charge in [-0.15, -0.1) is 0 Å². The molecule has 6 heteroatoms. The topological polar surface area (TPSA) is 73.9 Å². The number of fused-ring (bicyclic) bond motifs is 4. The molecule has 0 fully saturated rings. The van der Waals surface area contributed by atoms with E-state index in [1.165, 1.54) is 0 Å². The van der Waals surface area contributed by atoms with Gasteiger partial charge < -0.3 is 19.5 Å². The molecule has 0 amide bonds. The van der Waals surface area contributed by atoms with Gasteiger partial charge in [-0.25, -0.2) is 4.79 Å². The second kappa shape index (κ2) is 9.45. The SMILES string of the molecule is CCOC(=O)COc1c(C)cc(C2Nc3ccc4ccccc4c3C3=C2C(=O)CCC3)cc1OC. The molecule has 1 heterocycles. The number of carbonyl (C=O) groups excluding carboxylic acids is 2. The summed E-state index contributed by atoms with van der Waals surface area (Å²) in [4.78, 5) is 25.1. The molecule has 0 aromatic heterocycles. The molecule has 3 aromatic carbocycles. The first-order valence-electron chi connectivity index (χ1n) is 12.0. The van der Waals surface area contributed by atoms with Gasteiger partial charge in [-0.05, 0) is 72.4 Å². The average Bonchev–Trinajstić information content (AvgIpc) is 2.87. The molecule has 1 aliphatic carbocycles. The van der Waals surface area contributed by atoms with E-state index in [2.05, 4.69) is 29.6 Å². The minimum Gasteiger partial charge on any atom is -0.493 e. The molecule has 2 aliphatic rings. The zero-order chi connectivity index (χ0) is 24.5. The number of esters is 1. The number of rotatable bonds is 6. The Labute approximate surface area is 204 Å². The highest BCUT2D eigenvalue weighted by atomic mass is 16.6. The number of hydrogen-bond acceptors (Lipinski definition) is 6. The standard InChI is InChI=1S/C29H29NO5/c1-4-34-25(32)16-35-29-17(2)14-19(15-24(29)33-3)28-27-21(10-7-11-23(27)31)26-20-9-6-5-8-18(20)12-13-22(26)30-28/h5-6,8-9,12-15,28,30H,4,7,10-11,16H2,1-3H3. The van der Waals surface area contributed by atoms with Crippen molar-refractivity contribution in [3.05, 3.63) is 70.8 Å². The Balaban J connectivity index is 1.59. The third kappa shape index (κ3) is 4.14. The predicted molar refractivity (Wildman–Crippen MR) is 136 cm³/mol. The van der Waals surface area contributed by atoms with Crippen molar-refractivity contribution in [1.29, 1.82) is 0 Å². The molecule has 5 rings (SSSR count). The van der Waals surface area contributed by atoms with Crippen LogP contribution >= 0.6 is 0 Å². The van der Waals surface area contributed by atoms with E-state index in [1.807, 2.05) is 31.2 Å². The molecule has 1 aliphatic heterocycles. The molecule has 35 heavy (non-hydrogen) atoms. The number of benzene rings is 3. The van der Waals surface area contributed by atoms with Gasteiger partial charge in [-0.2, -0.15) is 0 Å². The van der Waals surface area contributed by atoms with Crippen LogP contribution in [0.15, 0.2) is 54.1 Å². The summed E-state index contributed by atoms with van der Waals surface area (Å²) < 4.78 is 16.4. The number of aryl methyl sites for hydroxylation is 1. The number of anilines is 1. The van der Waals surface area contributed by atoms with E-state index in [4.69, 9.17) is 14.2 Å². The lowest BCUT2D eigenvalue weighted by atomic mass is 9.76. The lowest BCUT2D eigenvalue weighted by Gasteiger charge is -2.35. The Morgan fingerprint density at radius 2 is 1.94 bits per heavy atom. The highest BCUT2D eigenvalue weighted by molar-refractivity contribution is 6.12. The van der Waals surface area contributed by atoms with Crippen LogP contribution in [-0.2, 0) is 14.3 Å². The van der Waals surface area contributed by atoms with E-state index in [1.54, 1.807) is 14.0 Å². The van der Waals surface area contributed by atoms with Crippen molar-refractivity contribution in [3.8, 4) is 11.5 Å². The number of hydrogen-bond donors (Lipinski definition) is 1. The fourth-order valence-corrected chi connectivity index (χ4v) is 5.26. The van der Waals surface area contributed by atoms with Crippen molar-refractivity contribution in [2.24, 2.45) is 0 Å². The van der Waals surface area contributed by atoms with Gasteiger partial charge in [-0.1, -0.05) is 30.3 Å². The fraction of sp³-hybridized carbons (Fsp3) is 0.310. The van der Waals surface area contributed by atoms with Crippen LogP contribution in [0.25, 0.3) is 16.3 Å². The third-order valence-corrected chi connectivity index (χ3v) is 6.73. The first kappa shape index (κ1) is 23.0.